The van der Waals surface area contributed by atoms with Gasteiger partial charge in [-0.1, -0.05) is 0 Å². The summed E-state index contributed by atoms with van der Waals surface area (Å²) in [6.07, 6.45) is -5.48. The van der Waals surface area contributed by atoms with Gasteiger partial charge in [0.1, 0.15) is 4.21 Å². The van der Waals surface area contributed by atoms with Crippen LogP contribution in [0.2, 0.25) is 0 Å². The molecule has 1 heterocycles. The Morgan fingerprint density at radius 1 is 1.35 bits per heavy atom. The minimum absolute atomic E-state index is 0.0703. The fourth-order valence-electron chi connectivity index (χ4n) is 1.32. The van der Waals surface area contributed by atoms with Crippen molar-refractivity contribution in [1.29, 1.82) is 0 Å². The van der Waals surface area contributed by atoms with E-state index in [-0.39, 0.29) is 23.6 Å². The second-order valence-corrected chi connectivity index (χ2v) is 7.87. The van der Waals surface area contributed by atoms with Gasteiger partial charge in [-0.2, -0.15) is 13.2 Å². The van der Waals surface area contributed by atoms with Gasteiger partial charge in [-0.3, -0.25) is 4.79 Å². The van der Waals surface area contributed by atoms with Gasteiger partial charge in [0.05, 0.1) is 6.42 Å². The minimum atomic E-state index is -4.23. The molecule has 1 N–H and O–H groups in total. The molecular formula is C10H11ClF3NO3S2. The summed E-state index contributed by atoms with van der Waals surface area (Å²) in [5.41, 5.74) is 0. The number of rotatable bonds is 6. The van der Waals surface area contributed by atoms with Crippen molar-refractivity contribution < 1.29 is 26.4 Å². The molecule has 20 heavy (non-hydrogen) atoms. The molecule has 1 amide bonds. The highest BCUT2D eigenvalue weighted by Crippen LogP contribution is 2.25. The summed E-state index contributed by atoms with van der Waals surface area (Å²) in [6, 6.07) is 2.72. The molecule has 1 aromatic rings. The van der Waals surface area contributed by atoms with E-state index in [1.807, 2.05) is 0 Å². The number of hydrogen-bond donors (Lipinski definition) is 1. The molecule has 4 nitrogen and oxygen atoms in total. The quantitative estimate of drug-likeness (QED) is 0.634. The Kier molecular flexibility index (Phi) is 5.84. The number of carbonyl (C=O) groups excluding carboxylic acids is 1. The molecule has 0 aliphatic rings. The summed E-state index contributed by atoms with van der Waals surface area (Å²) in [7, 11) is 1.31. The van der Waals surface area contributed by atoms with Gasteiger partial charge in [-0.25, -0.2) is 8.42 Å². The van der Waals surface area contributed by atoms with Gasteiger partial charge in [0.25, 0.3) is 9.05 Å². The number of alkyl halides is 3. The van der Waals surface area contributed by atoms with E-state index in [2.05, 4.69) is 5.32 Å². The minimum Gasteiger partial charge on any atom is -0.356 e. The maximum Gasteiger partial charge on any atom is 0.389 e. The summed E-state index contributed by atoms with van der Waals surface area (Å²) < 4.78 is 57.5. The molecule has 0 unspecified atom stereocenters. The summed E-state index contributed by atoms with van der Waals surface area (Å²) in [6.45, 7) is -0.0790. The standard InChI is InChI=1S/C10H11ClF3NO3S2/c11-20(17,18)9-3-2-7(19-9)6-8(16)15-5-1-4-10(12,13)14/h2-3H,1,4-6H2,(H,15,16). The van der Waals surface area contributed by atoms with Crippen LogP contribution in [-0.2, 0) is 20.3 Å². The first-order chi connectivity index (χ1) is 9.08. The third-order valence-corrected chi connectivity index (χ3v) is 5.35. The lowest BCUT2D eigenvalue weighted by atomic mass is 10.3. The molecule has 10 heteroatoms. The Morgan fingerprint density at radius 3 is 2.50 bits per heavy atom. The fraction of sp³-hybridized carbons (Fsp3) is 0.500. The lowest BCUT2D eigenvalue weighted by Gasteiger charge is -2.06. The molecule has 114 valence electrons. The van der Waals surface area contributed by atoms with Crippen LogP contribution in [0.3, 0.4) is 0 Å². The first-order valence-corrected chi connectivity index (χ1v) is 8.57. The Hall–Kier alpha value is -0.800. The third-order valence-electron chi connectivity index (χ3n) is 2.17. The van der Waals surface area contributed by atoms with E-state index in [1.165, 1.54) is 12.1 Å². The Balaban J connectivity index is 2.38. The molecule has 0 radical (unpaired) electrons. The molecular weight excluding hydrogens is 339 g/mol. The Morgan fingerprint density at radius 2 is 2.00 bits per heavy atom. The van der Waals surface area contributed by atoms with E-state index in [9.17, 15) is 26.4 Å². The van der Waals surface area contributed by atoms with Gasteiger partial charge in [0.2, 0.25) is 5.91 Å². The number of nitrogens with one attached hydrogen (secondary N) is 1. The van der Waals surface area contributed by atoms with Gasteiger partial charge >= 0.3 is 6.18 Å². The van der Waals surface area contributed by atoms with Crippen LogP contribution < -0.4 is 5.32 Å². The third kappa shape index (κ3) is 6.58. The average Bonchev–Trinajstić information content (AvgIpc) is 2.71. The van der Waals surface area contributed by atoms with E-state index in [0.29, 0.717) is 4.88 Å². The SMILES string of the molecule is O=C(Cc1ccc(S(=O)(=O)Cl)s1)NCCCC(F)(F)F. The van der Waals surface area contributed by atoms with Crippen LogP contribution in [0.15, 0.2) is 16.3 Å². The van der Waals surface area contributed by atoms with Crippen LogP contribution in [0.1, 0.15) is 17.7 Å². The van der Waals surface area contributed by atoms with Crippen LogP contribution in [0, 0.1) is 0 Å². The van der Waals surface area contributed by atoms with E-state index in [1.54, 1.807) is 0 Å². The highest BCUT2D eigenvalue weighted by atomic mass is 35.7. The van der Waals surface area contributed by atoms with E-state index in [0.717, 1.165) is 11.3 Å². The molecule has 0 aliphatic carbocycles. The molecule has 0 aliphatic heterocycles. The predicted octanol–water partition coefficient (Wildman–Crippen LogP) is 2.68. The van der Waals surface area contributed by atoms with Crippen molar-refractivity contribution in [3.8, 4) is 0 Å². The Bertz CT molecular complexity index is 569. The average molecular weight is 350 g/mol. The molecule has 0 spiro atoms. The van der Waals surface area contributed by atoms with Gasteiger partial charge in [0.15, 0.2) is 0 Å². The first kappa shape index (κ1) is 17.3. The van der Waals surface area contributed by atoms with Crippen LogP contribution in [-0.4, -0.2) is 27.0 Å². The summed E-state index contributed by atoms with van der Waals surface area (Å²) in [5, 5.41) is 2.34. The van der Waals surface area contributed by atoms with Crippen LogP contribution >= 0.6 is 22.0 Å². The molecule has 1 aromatic heterocycles. The molecule has 0 saturated carbocycles. The summed E-state index contributed by atoms with van der Waals surface area (Å²) in [5.74, 6) is -0.465. The van der Waals surface area contributed by atoms with E-state index < -0.39 is 27.6 Å². The van der Waals surface area contributed by atoms with Crippen LogP contribution in [0.25, 0.3) is 0 Å². The smallest absolute Gasteiger partial charge is 0.356 e. The molecule has 0 saturated heterocycles. The van der Waals surface area contributed by atoms with Crippen molar-refractivity contribution in [3.63, 3.8) is 0 Å². The van der Waals surface area contributed by atoms with Crippen molar-refractivity contribution in [2.24, 2.45) is 0 Å². The number of halogens is 4. The molecule has 1 rings (SSSR count). The lowest BCUT2D eigenvalue weighted by Crippen LogP contribution is -2.26. The second-order valence-electron chi connectivity index (χ2n) is 3.90. The number of hydrogen-bond acceptors (Lipinski definition) is 4. The predicted molar refractivity (Wildman–Crippen MR) is 69.4 cm³/mol. The summed E-state index contributed by atoms with van der Waals surface area (Å²) >= 11 is 0.851. The van der Waals surface area contributed by atoms with Crippen LogP contribution in [0.5, 0.6) is 0 Å². The first-order valence-electron chi connectivity index (χ1n) is 5.45. The maximum atomic E-state index is 11.9. The highest BCUT2D eigenvalue weighted by Gasteiger charge is 2.26. The van der Waals surface area contributed by atoms with Crippen LogP contribution in [0.4, 0.5) is 13.2 Å². The fourth-order valence-corrected chi connectivity index (χ4v) is 3.44. The van der Waals surface area contributed by atoms with Crippen molar-refractivity contribution >= 4 is 37.0 Å². The van der Waals surface area contributed by atoms with Crippen molar-refractivity contribution in [2.75, 3.05) is 6.54 Å². The molecule has 0 bridgehead atoms. The second kappa shape index (κ2) is 6.77. The zero-order chi connectivity index (χ0) is 15.4. The monoisotopic (exact) mass is 349 g/mol. The normalized spacial score (nSPS) is 12.4. The van der Waals surface area contributed by atoms with Gasteiger partial charge in [-0.05, 0) is 18.6 Å². The van der Waals surface area contributed by atoms with E-state index >= 15 is 0 Å². The maximum absolute atomic E-state index is 11.9. The van der Waals surface area contributed by atoms with E-state index in [4.69, 9.17) is 10.7 Å². The molecule has 0 atom stereocenters. The van der Waals surface area contributed by atoms with Gasteiger partial charge in [0, 0.05) is 28.5 Å². The van der Waals surface area contributed by atoms with Gasteiger partial charge < -0.3 is 5.32 Å². The van der Waals surface area contributed by atoms with Gasteiger partial charge in [-0.15, -0.1) is 11.3 Å². The topological polar surface area (TPSA) is 63.2 Å². The number of amides is 1. The highest BCUT2D eigenvalue weighted by molar-refractivity contribution is 8.15. The molecule has 0 fully saturated rings. The number of carbonyl (C=O) groups is 1. The molecule has 0 aromatic carbocycles. The largest absolute Gasteiger partial charge is 0.389 e. The zero-order valence-electron chi connectivity index (χ0n) is 10.0. The van der Waals surface area contributed by atoms with Crippen molar-refractivity contribution in [3.05, 3.63) is 17.0 Å². The lowest BCUT2D eigenvalue weighted by molar-refractivity contribution is -0.136. The Labute approximate surface area is 122 Å². The summed E-state index contributed by atoms with van der Waals surface area (Å²) in [4.78, 5) is 11.9. The van der Waals surface area contributed by atoms with Crippen molar-refractivity contribution in [1.82, 2.24) is 5.32 Å². The van der Waals surface area contributed by atoms with Crippen molar-refractivity contribution in [2.45, 2.75) is 29.6 Å². The number of thiophene rings is 1. The zero-order valence-corrected chi connectivity index (χ0v) is 12.4.